The average molecular weight is 298 g/mol. The summed E-state index contributed by atoms with van der Waals surface area (Å²) in [5.74, 6) is -0.610. The Morgan fingerprint density at radius 3 is 2.77 bits per heavy atom. The molecule has 1 heterocycles. The number of nitriles is 1. The lowest BCUT2D eigenvalue weighted by Gasteiger charge is -2.09. The van der Waals surface area contributed by atoms with Gasteiger partial charge in [-0.2, -0.15) is 5.26 Å². The third kappa shape index (κ3) is 3.05. The van der Waals surface area contributed by atoms with Crippen LogP contribution < -0.4 is 5.56 Å². The molecular formula is C16H14N2O4. The molecule has 0 saturated carbocycles. The van der Waals surface area contributed by atoms with E-state index in [1.165, 1.54) is 36.1 Å². The number of hydrogen-bond donors (Lipinski definition) is 1. The summed E-state index contributed by atoms with van der Waals surface area (Å²) in [6.07, 6.45) is 1.37. The van der Waals surface area contributed by atoms with E-state index >= 15 is 0 Å². The highest BCUT2D eigenvalue weighted by Crippen LogP contribution is 2.19. The Kier molecular flexibility index (Phi) is 4.71. The number of aromatic hydroxyl groups is 1. The van der Waals surface area contributed by atoms with Crippen LogP contribution in [0.3, 0.4) is 0 Å². The summed E-state index contributed by atoms with van der Waals surface area (Å²) in [6.45, 7) is 0.505. The molecule has 1 N–H and O–H groups in total. The van der Waals surface area contributed by atoms with Gasteiger partial charge in [-0.1, -0.05) is 12.1 Å². The molecule has 0 atom stereocenters. The molecule has 0 fully saturated rings. The van der Waals surface area contributed by atoms with Crippen LogP contribution in [0, 0.1) is 11.3 Å². The number of phenolic OH excluding ortho intramolecular Hbond substituents is 1. The van der Waals surface area contributed by atoms with E-state index in [-0.39, 0.29) is 35.6 Å². The third-order valence-corrected chi connectivity index (χ3v) is 3.15. The van der Waals surface area contributed by atoms with Crippen LogP contribution >= 0.6 is 0 Å². The molecule has 0 radical (unpaired) electrons. The molecule has 2 aromatic rings. The van der Waals surface area contributed by atoms with Crippen LogP contribution in [0.25, 0.3) is 0 Å². The number of methoxy groups -OCH3 is 1. The zero-order valence-electron chi connectivity index (χ0n) is 11.9. The molecule has 1 aromatic carbocycles. The van der Waals surface area contributed by atoms with Gasteiger partial charge in [0.25, 0.3) is 5.56 Å². The monoisotopic (exact) mass is 298 g/mol. The van der Waals surface area contributed by atoms with Crippen LogP contribution in [0.5, 0.6) is 5.75 Å². The van der Waals surface area contributed by atoms with E-state index in [1.54, 1.807) is 18.2 Å². The predicted octanol–water partition coefficient (Wildman–Crippen LogP) is 1.30. The highest BCUT2D eigenvalue weighted by molar-refractivity contribution is 6.10. The molecule has 0 spiro atoms. The zero-order valence-corrected chi connectivity index (χ0v) is 11.9. The smallest absolute Gasteiger partial charge is 0.268 e. The maximum absolute atomic E-state index is 12.5. The number of benzene rings is 1. The molecule has 0 unspecified atom stereocenters. The first kappa shape index (κ1) is 15.5. The predicted molar refractivity (Wildman–Crippen MR) is 78.8 cm³/mol. The van der Waals surface area contributed by atoms with Gasteiger partial charge in [-0.05, 0) is 18.2 Å². The molecule has 0 bridgehead atoms. The number of carbonyl (C=O) groups excluding carboxylic acids is 1. The fourth-order valence-electron chi connectivity index (χ4n) is 2.02. The topological polar surface area (TPSA) is 92.3 Å². The van der Waals surface area contributed by atoms with Crippen molar-refractivity contribution in [1.29, 1.82) is 5.26 Å². The lowest BCUT2D eigenvalue weighted by Crippen LogP contribution is -2.25. The van der Waals surface area contributed by atoms with Gasteiger partial charge in [0.15, 0.2) is 5.78 Å². The van der Waals surface area contributed by atoms with Gasteiger partial charge in [0, 0.05) is 25.4 Å². The highest BCUT2D eigenvalue weighted by atomic mass is 16.5. The molecule has 6 nitrogen and oxygen atoms in total. The Hall–Kier alpha value is -2.91. The second kappa shape index (κ2) is 6.70. The third-order valence-electron chi connectivity index (χ3n) is 3.15. The lowest BCUT2D eigenvalue weighted by atomic mass is 10.0. The van der Waals surface area contributed by atoms with Crippen molar-refractivity contribution in [2.75, 3.05) is 13.7 Å². The van der Waals surface area contributed by atoms with E-state index in [0.717, 1.165) is 0 Å². The molecule has 0 aliphatic heterocycles. The van der Waals surface area contributed by atoms with Crippen LogP contribution in [0.2, 0.25) is 0 Å². The van der Waals surface area contributed by atoms with Gasteiger partial charge in [-0.15, -0.1) is 0 Å². The highest BCUT2D eigenvalue weighted by Gasteiger charge is 2.16. The lowest BCUT2D eigenvalue weighted by molar-refractivity contribution is 0.103. The maximum atomic E-state index is 12.5. The fourth-order valence-corrected chi connectivity index (χ4v) is 2.02. The minimum absolute atomic E-state index is 0.114. The molecule has 112 valence electrons. The van der Waals surface area contributed by atoms with E-state index in [0.29, 0.717) is 0 Å². The molecule has 2 rings (SSSR count). The number of ether oxygens (including phenoxy) is 1. The molecule has 0 saturated heterocycles. The second-order valence-corrected chi connectivity index (χ2v) is 4.59. The van der Waals surface area contributed by atoms with Crippen molar-refractivity contribution in [2.45, 2.75) is 6.54 Å². The van der Waals surface area contributed by atoms with E-state index in [2.05, 4.69) is 0 Å². The molecule has 0 aliphatic rings. The maximum Gasteiger partial charge on any atom is 0.268 e. The summed E-state index contributed by atoms with van der Waals surface area (Å²) >= 11 is 0. The summed E-state index contributed by atoms with van der Waals surface area (Å²) in [5.41, 5.74) is -0.331. The van der Waals surface area contributed by atoms with E-state index in [9.17, 15) is 14.7 Å². The second-order valence-electron chi connectivity index (χ2n) is 4.59. The van der Waals surface area contributed by atoms with Crippen molar-refractivity contribution in [1.82, 2.24) is 4.57 Å². The Bertz CT molecular complexity index is 803. The van der Waals surface area contributed by atoms with E-state index in [1.807, 2.05) is 0 Å². The quantitative estimate of drug-likeness (QED) is 0.840. The minimum atomic E-state index is -0.478. The fraction of sp³-hybridized carbons (Fsp3) is 0.188. The van der Waals surface area contributed by atoms with Crippen molar-refractivity contribution >= 4 is 5.78 Å². The van der Waals surface area contributed by atoms with Crippen molar-refractivity contribution in [2.24, 2.45) is 0 Å². The number of aromatic nitrogens is 1. The van der Waals surface area contributed by atoms with Gasteiger partial charge in [-0.3, -0.25) is 9.59 Å². The van der Waals surface area contributed by atoms with Crippen molar-refractivity contribution < 1.29 is 14.6 Å². The summed E-state index contributed by atoms with van der Waals surface area (Å²) < 4.78 is 6.17. The summed E-state index contributed by atoms with van der Waals surface area (Å²) in [6, 6.07) is 9.13. The molecule has 0 amide bonds. The van der Waals surface area contributed by atoms with Gasteiger partial charge in [0.05, 0.1) is 12.2 Å². The first-order valence-corrected chi connectivity index (χ1v) is 6.54. The Balaban J connectivity index is 2.52. The van der Waals surface area contributed by atoms with Crippen LogP contribution in [-0.4, -0.2) is 29.2 Å². The normalized spacial score (nSPS) is 10.2. The number of ketones is 1. The van der Waals surface area contributed by atoms with E-state index < -0.39 is 11.3 Å². The Morgan fingerprint density at radius 2 is 2.14 bits per heavy atom. The largest absolute Gasteiger partial charge is 0.507 e. The molecule has 6 heteroatoms. The minimum Gasteiger partial charge on any atom is -0.507 e. The standard InChI is InChI=1S/C16H14N2O4/c1-22-7-6-18-10-12(8-11(9-17)16(18)21)15(20)13-4-2-3-5-14(13)19/h2-5,8,10,19H,6-7H2,1H3. The van der Waals surface area contributed by atoms with Crippen LogP contribution in [0.15, 0.2) is 41.3 Å². The number of hydrogen-bond acceptors (Lipinski definition) is 5. The SMILES string of the molecule is COCCn1cc(C(=O)c2ccccc2O)cc(C#N)c1=O. The summed E-state index contributed by atoms with van der Waals surface area (Å²) in [4.78, 5) is 24.5. The first-order valence-electron chi connectivity index (χ1n) is 6.54. The van der Waals surface area contributed by atoms with Crippen LogP contribution in [0.1, 0.15) is 21.5 Å². The number of carbonyl (C=O) groups is 1. The molecule has 1 aromatic heterocycles. The van der Waals surface area contributed by atoms with Crippen LogP contribution in [0.4, 0.5) is 0 Å². The number of nitrogens with zero attached hydrogens (tertiary/aromatic N) is 2. The summed E-state index contributed by atoms with van der Waals surface area (Å²) in [7, 11) is 1.49. The van der Waals surface area contributed by atoms with Gasteiger partial charge >= 0.3 is 0 Å². The van der Waals surface area contributed by atoms with Crippen molar-refractivity contribution in [3.05, 3.63) is 63.6 Å². The molecule has 22 heavy (non-hydrogen) atoms. The number of rotatable bonds is 5. The van der Waals surface area contributed by atoms with Gasteiger partial charge in [-0.25, -0.2) is 0 Å². The summed E-state index contributed by atoms with van der Waals surface area (Å²) in [5, 5.41) is 18.8. The molecular weight excluding hydrogens is 284 g/mol. The Morgan fingerprint density at radius 1 is 1.41 bits per heavy atom. The van der Waals surface area contributed by atoms with Crippen LogP contribution in [-0.2, 0) is 11.3 Å². The zero-order chi connectivity index (χ0) is 16.1. The van der Waals surface area contributed by atoms with Gasteiger partial charge < -0.3 is 14.4 Å². The van der Waals surface area contributed by atoms with Gasteiger partial charge in [0.2, 0.25) is 0 Å². The molecule has 0 aliphatic carbocycles. The van der Waals surface area contributed by atoms with Crippen molar-refractivity contribution in [3.8, 4) is 11.8 Å². The van der Waals surface area contributed by atoms with Gasteiger partial charge in [0.1, 0.15) is 17.4 Å². The van der Waals surface area contributed by atoms with Crippen molar-refractivity contribution in [3.63, 3.8) is 0 Å². The number of para-hydroxylation sites is 1. The number of pyridine rings is 1. The Labute approximate surface area is 126 Å². The average Bonchev–Trinajstić information content (AvgIpc) is 2.53. The first-order chi connectivity index (χ1) is 10.6. The number of phenols is 1. The van der Waals surface area contributed by atoms with E-state index in [4.69, 9.17) is 10.00 Å².